The van der Waals surface area contributed by atoms with Crippen molar-refractivity contribution in [3.8, 4) is 0 Å². The Morgan fingerprint density at radius 2 is 1.36 bits per heavy atom. The Kier molecular flexibility index (Phi) is 9.24. The fraction of sp³-hybridized carbons (Fsp3) is 1.00. The van der Waals surface area contributed by atoms with Gasteiger partial charge in [-0.15, -0.1) is 0 Å². The lowest BCUT2D eigenvalue weighted by molar-refractivity contribution is 0.141. The van der Waals surface area contributed by atoms with E-state index in [2.05, 4.69) is 79.9 Å². The maximum Gasteiger partial charge on any atom is 0.0150 e. The van der Waals surface area contributed by atoms with Crippen LogP contribution in [0.15, 0.2) is 0 Å². The third-order valence-electron chi connectivity index (χ3n) is 5.46. The lowest BCUT2D eigenvalue weighted by Gasteiger charge is -2.42. The Labute approximate surface area is 141 Å². The van der Waals surface area contributed by atoms with Gasteiger partial charge in [0.2, 0.25) is 0 Å². The molecule has 0 radical (unpaired) electrons. The van der Waals surface area contributed by atoms with Gasteiger partial charge in [0.05, 0.1) is 0 Å². The van der Waals surface area contributed by atoms with E-state index in [4.69, 9.17) is 0 Å². The predicted octanol–water partition coefficient (Wildman–Crippen LogP) is 5.23. The highest BCUT2D eigenvalue weighted by atomic mass is 15.0. The van der Waals surface area contributed by atoms with E-state index in [0.717, 1.165) is 6.54 Å². The van der Waals surface area contributed by atoms with Crippen LogP contribution in [0.1, 0.15) is 88.5 Å². The van der Waals surface area contributed by atoms with Gasteiger partial charge in [-0.25, -0.2) is 0 Å². The van der Waals surface area contributed by atoms with Crippen LogP contribution in [0.3, 0.4) is 0 Å². The average molecular weight is 313 g/mol. The highest BCUT2D eigenvalue weighted by Crippen LogP contribution is 2.32. The normalized spacial score (nSPS) is 16.4. The van der Waals surface area contributed by atoms with Crippen molar-refractivity contribution >= 4 is 0 Å². The summed E-state index contributed by atoms with van der Waals surface area (Å²) < 4.78 is 0. The summed E-state index contributed by atoms with van der Waals surface area (Å²) in [4.78, 5) is 0. The number of nitrogens with one attached hydrogen (secondary N) is 2. The van der Waals surface area contributed by atoms with Gasteiger partial charge in [-0.05, 0) is 50.5 Å². The summed E-state index contributed by atoms with van der Waals surface area (Å²) in [5, 5.41) is 7.50. The fourth-order valence-corrected chi connectivity index (χ4v) is 2.58. The monoisotopic (exact) mass is 312 g/mol. The molecule has 0 saturated heterocycles. The van der Waals surface area contributed by atoms with Crippen molar-refractivity contribution in [2.24, 2.45) is 17.3 Å². The first-order valence-corrected chi connectivity index (χ1v) is 9.39. The summed E-state index contributed by atoms with van der Waals surface area (Å²) in [5.41, 5.74) is 0.543. The molecule has 0 aliphatic heterocycles. The molecule has 0 spiro atoms. The maximum atomic E-state index is 3.98. The molecule has 0 bridgehead atoms. The number of hydrogen-bond acceptors (Lipinski definition) is 2. The highest BCUT2D eigenvalue weighted by molar-refractivity contribution is 4.90. The van der Waals surface area contributed by atoms with Crippen LogP contribution in [0.2, 0.25) is 0 Å². The van der Waals surface area contributed by atoms with Gasteiger partial charge < -0.3 is 10.6 Å². The van der Waals surface area contributed by atoms with Crippen LogP contribution in [0, 0.1) is 17.3 Å². The third kappa shape index (κ3) is 8.53. The molecule has 0 aromatic carbocycles. The van der Waals surface area contributed by atoms with Crippen molar-refractivity contribution in [1.82, 2.24) is 10.6 Å². The molecule has 0 heterocycles. The van der Waals surface area contributed by atoms with E-state index < -0.39 is 0 Å². The quantitative estimate of drug-likeness (QED) is 0.540. The lowest BCUT2D eigenvalue weighted by Crippen LogP contribution is -2.53. The van der Waals surface area contributed by atoms with Gasteiger partial charge in [0.25, 0.3) is 0 Å². The summed E-state index contributed by atoms with van der Waals surface area (Å²) in [6.07, 6.45) is 3.84. The second-order valence-corrected chi connectivity index (χ2v) is 9.39. The Hall–Kier alpha value is -0.0800. The number of hydrogen-bond donors (Lipinski definition) is 2. The summed E-state index contributed by atoms with van der Waals surface area (Å²) in [6, 6.07) is 1.19. The van der Waals surface area contributed by atoms with Gasteiger partial charge >= 0.3 is 0 Å². The van der Waals surface area contributed by atoms with Crippen molar-refractivity contribution in [2.45, 2.75) is 106 Å². The topological polar surface area (TPSA) is 24.1 Å². The Bertz CT molecular complexity index is 287. The fourth-order valence-electron chi connectivity index (χ4n) is 2.58. The van der Waals surface area contributed by atoms with Crippen LogP contribution >= 0.6 is 0 Å². The van der Waals surface area contributed by atoms with Crippen molar-refractivity contribution in [3.05, 3.63) is 0 Å². The van der Waals surface area contributed by atoms with Crippen molar-refractivity contribution in [1.29, 1.82) is 0 Å². The molecule has 0 aromatic rings. The molecule has 0 rings (SSSR count). The Balaban J connectivity index is 4.61. The first-order chi connectivity index (χ1) is 9.88. The first-order valence-electron chi connectivity index (χ1n) is 9.39. The van der Waals surface area contributed by atoms with Gasteiger partial charge in [0.15, 0.2) is 0 Å². The zero-order valence-corrected chi connectivity index (χ0v) is 17.1. The SMILES string of the molecule is CC(C)NCCCCC(NC(C)(C)C(C)C)C(C)C(C)(C)C. The van der Waals surface area contributed by atoms with Crippen molar-refractivity contribution in [2.75, 3.05) is 6.54 Å². The lowest BCUT2D eigenvalue weighted by atomic mass is 9.75. The molecule has 2 atom stereocenters. The van der Waals surface area contributed by atoms with Crippen LogP contribution in [0.5, 0.6) is 0 Å². The van der Waals surface area contributed by atoms with Gasteiger partial charge in [0.1, 0.15) is 0 Å². The van der Waals surface area contributed by atoms with Gasteiger partial charge in [-0.3, -0.25) is 0 Å². The number of rotatable bonds is 10. The minimum absolute atomic E-state index is 0.195. The molecule has 2 nitrogen and oxygen atoms in total. The standard InChI is InChI=1S/C20H44N2/c1-15(2)20(9,10)22-18(17(5)19(6,7)8)13-11-12-14-21-16(3)4/h15-18,21-22H,11-14H2,1-10H3. The second kappa shape index (κ2) is 9.27. The average Bonchev–Trinajstić information content (AvgIpc) is 2.34. The second-order valence-electron chi connectivity index (χ2n) is 9.39. The molecule has 134 valence electrons. The zero-order chi connectivity index (χ0) is 17.6. The predicted molar refractivity (Wildman–Crippen MR) is 101 cm³/mol. The molecular weight excluding hydrogens is 268 g/mol. The summed E-state index contributed by atoms with van der Waals surface area (Å²) in [6.45, 7) is 24.4. The first kappa shape index (κ1) is 21.9. The Morgan fingerprint density at radius 1 is 0.818 bits per heavy atom. The molecule has 2 heteroatoms. The van der Waals surface area contributed by atoms with Gasteiger partial charge in [0, 0.05) is 17.6 Å². The van der Waals surface area contributed by atoms with E-state index in [1.165, 1.54) is 19.3 Å². The van der Waals surface area contributed by atoms with Gasteiger partial charge in [-0.1, -0.05) is 61.8 Å². The molecule has 0 aliphatic rings. The van der Waals surface area contributed by atoms with Crippen LogP contribution in [0.25, 0.3) is 0 Å². The van der Waals surface area contributed by atoms with Crippen LogP contribution < -0.4 is 10.6 Å². The largest absolute Gasteiger partial charge is 0.315 e. The summed E-state index contributed by atoms with van der Waals surface area (Å²) >= 11 is 0. The molecule has 0 aromatic heterocycles. The smallest absolute Gasteiger partial charge is 0.0150 e. The maximum absolute atomic E-state index is 3.98. The Morgan fingerprint density at radius 3 is 1.77 bits per heavy atom. The van der Waals surface area contributed by atoms with Crippen LogP contribution in [-0.2, 0) is 0 Å². The van der Waals surface area contributed by atoms with E-state index in [9.17, 15) is 0 Å². The van der Waals surface area contributed by atoms with Crippen molar-refractivity contribution < 1.29 is 0 Å². The third-order valence-corrected chi connectivity index (χ3v) is 5.46. The molecular formula is C20H44N2. The molecule has 22 heavy (non-hydrogen) atoms. The molecule has 0 aliphatic carbocycles. The molecule has 0 saturated carbocycles. The molecule has 0 fully saturated rings. The summed E-state index contributed by atoms with van der Waals surface area (Å²) in [7, 11) is 0. The van der Waals surface area contributed by atoms with E-state index in [1.54, 1.807) is 0 Å². The zero-order valence-electron chi connectivity index (χ0n) is 17.1. The van der Waals surface area contributed by atoms with Gasteiger partial charge in [-0.2, -0.15) is 0 Å². The van der Waals surface area contributed by atoms with E-state index in [1.807, 2.05) is 0 Å². The van der Waals surface area contributed by atoms with E-state index >= 15 is 0 Å². The molecule has 2 unspecified atom stereocenters. The number of unbranched alkanes of at least 4 members (excludes halogenated alkanes) is 1. The van der Waals surface area contributed by atoms with Crippen LogP contribution in [-0.4, -0.2) is 24.2 Å². The molecule has 0 amide bonds. The summed E-state index contributed by atoms with van der Waals surface area (Å²) in [5.74, 6) is 1.31. The van der Waals surface area contributed by atoms with Crippen molar-refractivity contribution in [3.63, 3.8) is 0 Å². The molecule has 2 N–H and O–H groups in total. The van der Waals surface area contributed by atoms with Crippen LogP contribution in [0.4, 0.5) is 0 Å². The van der Waals surface area contributed by atoms with E-state index in [0.29, 0.717) is 29.3 Å². The van der Waals surface area contributed by atoms with E-state index in [-0.39, 0.29) is 5.54 Å². The minimum atomic E-state index is 0.195. The minimum Gasteiger partial charge on any atom is -0.315 e. The highest BCUT2D eigenvalue weighted by Gasteiger charge is 2.32.